The van der Waals surface area contributed by atoms with Gasteiger partial charge in [-0.1, -0.05) is 60.7 Å². The van der Waals surface area contributed by atoms with Crippen molar-refractivity contribution in [3.05, 3.63) is 102 Å². The topological polar surface area (TPSA) is 58.6 Å². The Morgan fingerprint density at radius 2 is 1.53 bits per heavy atom. The van der Waals surface area contributed by atoms with Gasteiger partial charge in [0.15, 0.2) is 0 Å². The predicted octanol–water partition coefficient (Wildman–Crippen LogP) is 4.23. The van der Waals surface area contributed by atoms with E-state index in [0.717, 1.165) is 4.90 Å². The molecule has 6 heteroatoms. The maximum atomic E-state index is 14.2. The summed E-state index contributed by atoms with van der Waals surface area (Å²) in [4.78, 5) is 27.5. The summed E-state index contributed by atoms with van der Waals surface area (Å²) in [6.45, 7) is -0.155. The number of benzene rings is 3. The smallest absolute Gasteiger partial charge is 0.278 e. The van der Waals surface area contributed by atoms with Crippen LogP contribution in [0.15, 0.2) is 84.6 Å². The zero-order valence-electron chi connectivity index (χ0n) is 16.3. The number of anilines is 1. The Labute approximate surface area is 173 Å². The molecule has 3 aromatic carbocycles. The third-order valence-electron chi connectivity index (χ3n) is 4.88. The van der Waals surface area contributed by atoms with Crippen LogP contribution in [0.2, 0.25) is 0 Å². The molecule has 0 saturated carbocycles. The molecule has 0 unspecified atom stereocenters. The zero-order chi connectivity index (χ0) is 21.1. The molecule has 1 aliphatic rings. The van der Waals surface area contributed by atoms with Crippen LogP contribution in [0.3, 0.4) is 0 Å². The normalized spacial score (nSPS) is 13.7. The van der Waals surface area contributed by atoms with E-state index in [1.54, 1.807) is 60.7 Å². The van der Waals surface area contributed by atoms with Crippen molar-refractivity contribution in [3.8, 4) is 5.75 Å². The molecule has 0 fully saturated rings. The molecule has 0 atom stereocenters. The average molecular weight is 402 g/mol. The minimum atomic E-state index is -0.520. The average Bonchev–Trinajstić information content (AvgIpc) is 3.00. The van der Waals surface area contributed by atoms with Crippen molar-refractivity contribution in [2.24, 2.45) is 0 Å². The van der Waals surface area contributed by atoms with Crippen molar-refractivity contribution in [2.45, 2.75) is 6.54 Å². The number of nitrogens with zero attached hydrogens (tertiary/aromatic N) is 1. The van der Waals surface area contributed by atoms with Gasteiger partial charge >= 0.3 is 0 Å². The number of nitrogens with one attached hydrogen (secondary N) is 1. The van der Waals surface area contributed by atoms with E-state index in [0.29, 0.717) is 17.0 Å². The first kappa shape index (κ1) is 19.4. The van der Waals surface area contributed by atoms with Crippen LogP contribution < -0.4 is 10.1 Å². The molecule has 0 aliphatic carbocycles. The third-order valence-corrected chi connectivity index (χ3v) is 4.88. The van der Waals surface area contributed by atoms with E-state index in [-0.39, 0.29) is 23.4 Å². The molecule has 0 aromatic heterocycles. The number of carbonyl (C=O) groups excluding carboxylic acids is 2. The summed E-state index contributed by atoms with van der Waals surface area (Å²) in [6, 6.07) is 22.1. The monoisotopic (exact) mass is 402 g/mol. The summed E-state index contributed by atoms with van der Waals surface area (Å²) in [5, 5.41) is 3.07. The molecule has 150 valence electrons. The van der Waals surface area contributed by atoms with E-state index < -0.39 is 17.6 Å². The highest BCUT2D eigenvalue weighted by Gasteiger charge is 2.39. The highest BCUT2D eigenvalue weighted by atomic mass is 19.1. The largest absolute Gasteiger partial charge is 0.495 e. The van der Waals surface area contributed by atoms with Crippen molar-refractivity contribution in [1.82, 2.24) is 4.90 Å². The number of hydrogen-bond acceptors (Lipinski definition) is 4. The SMILES string of the molecule is COc1ccccc1NC1=C(c2ccccc2)C(=O)N(Cc2ccccc2F)C1=O. The second kappa shape index (κ2) is 8.21. The van der Waals surface area contributed by atoms with E-state index in [1.165, 1.54) is 13.2 Å². The molecular formula is C24H19FN2O3. The van der Waals surface area contributed by atoms with Gasteiger partial charge in [0.2, 0.25) is 0 Å². The van der Waals surface area contributed by atoms with Crippen LogP contribution in [0, 0.1) is 5.82 Å². The first-order valence-corrected chi connectivity index (χ1v) is 9.39. The molecule has 4 rings (SSSR count). The van der Waals surface area contributed by atoms with Crippen molar-refractivity contribution in [2.75, 3.05) is 12.4 Å². The predicted molar refractivity (Wildman–Crippen MR) is 112 cm³/mol. The van der Waals surface area contributed by atoms with Crippen LogP contribution in [0.25, 0.3) is 5.57 Å². The second-order valence-corrected chi connectivity index (χ2v) is 6.73. The fraction of sp³-hybridized carbons (Fsp3) is 0.0833. The number of rotatable bonds is 6. The Morgan fingerprint density at radius 1 is 0.867 bits per heavy atom. The van der Waals surface area contributed by atoms with Gasteiger partial charge in [-0.2, -0.15) is 0 Å². The molecule has 0 bridgehead atoms. The van der Waals surface area contributed by atoms with E-state index in [4.69, 9.17) is 4.74 Å². The standard InChI is InChI=1S/C24H19FN2O3/c1-30-20-14-8-7-13-19(20)26-22-21(16-9-3-2-4-10-16)23(28)27(24(22)29)15-17-11-5-6-12-18(17)25/h2-14,26H,15H2,1H3. The van der Waals surface area contributed by atoms with Crippen LogP contribution in [0.5, 0.6) is 5.75 Å². The van der Waals surface area contributed by atoms with Crippen LogP contribution >= 0.6 is 0 Å². The molecule has 3 aromatic rings. The van der Waals surface area contributed by atoms with Gasteiger partial charge in [0.25, 0.3) is 11.8 Å². The van der Waals surface area contributed by atoms with Crippen molar-refractivity contribution >= 4 is 23.1 Å². The number of para-hydroxylation sites is 2. The van der Waals surface area contributed by atoms with Gasteiger partial charge in [0, 0.05) is 5.56 Å². The zero-order valence-corrected chi connectivity index (χ0v) is 16.3. The molecule has 0 radical (unpaired) electrons. The Kier molecular flexibility index (Phi) is 5.30. The third kappa shape index (κ3) is 3.55. The van der Waals surface area contributed by atoms with Gasteiger partial charge < -0.3 is 10.1 Å². The maximum absolute atomic E-state index is 14.2. The summed E-state index contributed by atoms with van der Waals surface area (Å²) < 4.78 is 19.5. The lowest BCUT2D eigenvalue weighted by Crippen LogP contribution is -2.32. The van der Waals surface area contributed by atoms with Crippen LogP contribution in [-0.4, -0.2) is 23.8 Å². The lowest BCUT2D eigenvalue weighted by molar-refractivity contribution is -0.137. The molecule has 1 heterocycles. The van der Waals surface area contributed by atoms with Gasteiger partial charge in [-0.25, -0.2) is 4.39 Å². The van der Waals surface area contributed by atoms with Crippen LogP contribution in [0.4, 0.5) is 10.1 Å². The number of carbonyl (C=O) groups is 2. The Bertz CT molecular complexity index is 1140. The molecule has 2 amide bonds. The summed E-state index contributed by atoms with van der Waals surface area (Å²) in [5.41, 5.74) is 1.79. The number of halogens is 1. The first-order valence-electron chi connectivity index (χ1n) is 9.39. The highest BCUT2D eigenvalue weighted by molar-refractivity contribution is 6.36. The molecular weight excluding hydrogens is 383 g/mol. The molecule has 0 spiro atoms. The fourth-order valence-electron chi connectivity index (χ4n) is 3.39. The van der Waals surface area contributed by atoms with Gasteiger partial charge in [0.05, 0.1) is 24.9 Å². The second-order valence-electron chi connectivity index (χ2n) is 6.73. The first-order chi connectivity index (χ1) is 14.6. The van der Waals surface area contributed by atoms with Gasteiger partial charge in [-0.15, -0.1) is 0 Å². The van der Waals surface area contributed by atoms with E-state index in [9.17, 15) is 14.0 Å². The quantitative estimate of drug-likeness (QED) is 0.627. The molecule has 0 saturated heterocycles. The van der Waals surface area contributed by atoms with Crippen molar-refractivity contribution in [3.63, 3.8) is 0 Å². The highest BCUT2D eigenvalue weighted by Crippen LogP contribution is 2.34. The van der Waals surface area contributed by atoms with Gasteiger partial charge in [-0.3, -0.25) is 14.5 Å². The summed E-state index contributed by atoms with van der Waals surface area (Å²) in [5.74, 6) is -0.935. The number of imide groups is 1. The molecule has 1 N–H and O–H groups in total. The summed E-state index contributed by atoms with van der Waals surface area (Å²) in [6.07, 6.45) is 0. The van der Waals surface area contributed by atoms with Gasteiger partial charge in [0.1, 0.15) is 17.3 Å². The molecule has 5 nitrogen and oxygen atoms in total. The Balaban J connectivity index is 1.76. The summed E-state index contributed by atoms with van der Waals surface area (Å²) in [7, 11) is 1.53. The lowest BCUT2D eigenvalue weighted by atomic mass is 10.0. The van der Waals surface area contributed by atoms with Crippen LogP contribution in [0.1, 0.15) is 11.1 Å². The number of ether oxygens (including phenoxy) is 1. The lowest BCUT2D eigenvalue weighted by Gasteiger charge is -2.16. The number of hydrogen-bond donors (Lipinski definition) is 1. The number of amides is 2. The van der Waals surface area contributed by atoms with Gasteiger partial charge in [-0.05, 0) is 23.8 Å². The van der Waals surface area contributed by atoms with E-state index >= 15 is 0 Å². The Morgan fingerprint density at radius 3 is 2.27 bits per heavy atom. The maximum Gasteiger partial charge on any atom is 0.278 e. The fourth-order valence-corrected chi connectivity index (χ4v) is 3.39. The van der Waals surface area contributed by atoms with E-state index in [2.05, 4.69) is 5.32 Å². The van der Waals surface area contributed by atoms with Crippen molar-refractivity contribution in [1.29, 1.82) is 0 Å². The Hall–Kier alpha value is -3.93. The molecule has 30 heavy (non-hydrogen) atoms. The number of methoxy groups -OCH3 is 1. The minimum absolute atomic E-state index is 0.132. The van der Waals surface area contributed by atoms with Crippen molar-refractivity contribution < 1.29 is 18.7 Å². The minimum Gasteiger partial charge on any atom is -0.495 e. The molecule has 1 aliphatic heterocycles. The van der Waals surface area contributed by atoms with Crippen LogP contribution in [-0.2, 0) is 16.1 Å². The summed E-state index contributed by atoms with van der Waals surface area (Å²) >= 11 is 0. The van der Waals surface area contributed by atoms with E-state index in [1.807, 2.05) is 12.1 Å².